The number of methoxy groups -OCH3 is 1. The van der Waals surface area contributed by atoms with Gasteiger partial charge >= 0.3 is 0 Å². The minimum absolute atomic E-state index is 0.0743. The third-order valence-electron chi connectivity index (χ3n) is 3.85. The SMILES string of the molecule is COc1ccc(C)cc1CCNC(=O)c1c(C)nn(C)c1C. The summed E-state index contributed by atoms with van der Waals surface area (Å²) >= 11 is 0. The molecule has 118 valence electrons. The van der Waals surface area contributed by atoms with Gasteiger partial charge in [0.15, 0.2) is 0 Å². The van der Waals surface area contributed by atoms with E-state index in [1.54, 1.807) is 11.8 Å². The number of amides is 1. The molecule has 0 unspecified atom stereocenters. The van der Waals surface area contributed by atoms with Gasteiger partial charge in [-0.1, -0.05) is 17.7 Å². The fourth-order valence-electron chi connectivity index (χ4n) is 2.60. The first-order valence-electron chi connectivity index (χ1n) is 7.36. The number of aryl methyl sites for hydroxylation is 3. The Hall–Kier alpha value is -2.30. The lowest BCUT2D eigenvalue weighted by Crippen LogP contribution is -2.26. The molecule has 1 aromatic carbocycles. The van der Waals surface area contributed by atoms with Crippen LogP contribution in [0.2, 0.25) is 0 Å². The molecule has 0 atom stereocenters. The fourth-order valence-corrected chi connectivity index (χ4v) is 2.60. The number of nitrogens with zero attached hydrogens (tertiary/aromatic N) is 2. The zero-order chi connectivity index (χ0) is 16.3. The largest absolute Gasteiger partial charge is 0.496 e. The standard InChI is InChI=1S/C17H23N3O2/c1-11-6-7-15(22-5)14(10-11)8-9-18-17(21)16-12(2)19-20(4)13(16)3/h6-7,10H,8-9H2,1-5H3,(H,18,21). The zero-order valence-electron chi connectivity index (χ0n) is 13.9. The van der Waals surface area contributed by atoms with Gasteiger partial charge in [0.25, 0.3) is 5.91 Å². The summed E-state index contributed by atoms with van der Waals surface area (Å²) in [7, 11) is 3.51. The van der Waals surface area contributed by atoms with Gasteiger partial charge in [-0.05, 0) is 38.8 Å². The monoisotopic (exact) mass is 301 g/mol. The van der Waals surface area contributed by atoms with Crippen LogP contribution < -0.4 is 10.1 Å². The number of hydrogen-bond donors (Lipinski definition) is 1. The molecular weight excluding hydrogens is 278 g/mol. The Kier molecular flexibility index (Phi) is 4.85. The maximum atomic E-state index is 12.3. The predicted octanol–water partition coefficient (Wildman–Crippen LogP) is 2.33. The third-order valence-corrected chi connectivity index (χ3v) is 3.85. The molecule has 22 heavy (non-hydrogen) atoms. The number of ether oxygens (including phenoxy) is 1. The highest BCUT2D eigenvalue weighted by Crippen LogP contribution is 2.20. The summed E-state index contributed by atoms with van der Waals surface area (Å²) < 4.78 is 7.09. The molecule has 2 rings (SSSR count). The van der Waals surface area contributed by atoms with Gasteiger partial charge in [-0.2, -0.15) is 5.10 Å². The van der Waals surface area contributed by atoms with E-state index in [1.807, 2.05) is 40.0 Å². The van der Waals surface area contributed by atoms with E-state index in [1.165, 1.54) is 5.56 Å². The number of carbonyl (C=O) groups is 1. The molecule has 1 heterocycles. The first-order valence-corrected chi connectivity index (χ1v) is 7.36. The summed E-state index contributed by atoms with van der Waals surface area (Å²) in [5, 5.41) is 7.24. The van der Waals surface area contributed by atoms with Crippen molar-refractivity contribution in [2.24, 2.45) is 7.05 Å². The van der Waals surface area contributed by atoms with Crippen LogP contribution in [0, 0.1) is 20.8 Å². The molecule has 5 nitrogen and oxygen atoms in total. The van der Waals surface area contributed by atoms with E-state index in [9.17, 15) is 4.79 Å². The van der Waals surface area contributed by atoms with Gasteiger partial charge in [0.05, 0.1) is 18.4 Å². The van der Waals surface area contributed by atoms with Gasteiger partial charge in [0.1, 0.15) is 5.75 Å². The lowest BCUT2D eigenvalue weighted by molar-refractivity contribution is 0.0952. The summed E-state index contributed by atoms with van der Waals surface area (Å²) in [6.45, 7) is 6.36. The van der Waals surface area contributed by atoms with Crippen LogP contribution in [-0.4, -0.2) is 29.3 Å². The van der Waals surface area contributed by atoms with E-state index in [2.05, 4.69) is 16.5 Å². The van der Waals surface area contributed by atoms with Gasteiger partial charge in [0.2, 0.25) is 0 Å². The molecule has 2 aromatic rings. The number of benzene rings is 1. The average Bonchev–Trinajstić information content (AvgIpc) is 2.72. The summed E-state index contributed by atoms with van der Waals surface area (Å²) in [4.78, 5) is 12.3. The van der Waals surface area contributed by atoms with Crippen LogP contribution in [0.15, 0.2) is 18.2 Å². The first kappa shape index (κ1) is 16.1. The first-order chi connectivity index (χ1) is 10.4. The van der Waals surface area contributed by atoms with Crippen molar-refractivity contribution < 1.29 is 9.53 Å². The number of rotatable bonds is 5. The summed E-state index contributed by atoms with van der Waals surface area (Å²) in [5.74, 6) is 0.781. The van der Waals surface area contributed by atoms with E-state index in [-0.39, 0.29) is 5.91 Å². The van der Waals surface area contributed by atoms with E-state index in [4.69, 9.17) is 4.74 Å². The molecule has 0 radical (unpaired) electrons. The minimum atomic E-state index is -0.0743. The molecule has 0 saturated carbocycles. The van der Waals surface area contributed by atoms with Crippen molar-refractivity contribution in [2.45, 2.75) is 27.2 Å². The summed E-state index contributed by atoms with van der Waals surface area (Å²) in [5.41, 5.74) is 4.58. The normalized spacial score (nSPS) is 10.6. The lowest BCUT2D eigenvalue weighted by Gasteiger charge is -2.10. The third kappa shape index (κ3) is 3.30. The molecule has 0 fully saturated rings. The van der Waals surface area contributed by atoms with Crippen LogP contribution in [0.5, 0.6) is 5.75 Å². The van der Waals surface area contributed by atoms with Crippen molar-refractivity contribution in [3.05, 3.63) is 46.3 Å². The van der Waals surface area contributed by atoms with E-state index in [0.717, 1.165) is 29.1 Å². The molecule has 0 aliphatic rings. The molecule has 1 N–H and O–H groups in total. The number of carbonyl (C=O) groups excluding carboxylic acids is 1. The van der Waals surface area contributed by atoms with Gasteiger partial charge in [-0.15, -0.1) is 0 Å². The van der Waals surface area contributed by atoms with Crippen molar-refractivity contribution in [3.63, 3.8) is 0 Å². The summed E-state index contributed by atoms with van der Waals surface area (Å²) in [6, 6.07) is 6.07. The second-order valence-corrected chi connectivity index (χ2v) is 5.49. The molecule has 0 bridgehead atoms. The highest BCUT2D eigenvalue weighted by Gasteiger charge is 2.16. The van der Waals surface area contributed by atoms with E-state index in [0.29, 0.717) is 12.1 Å². The quantitative estimate of drug-likeness (QED) is 0.922. The molecular formula is C17H23N3O2. The topological polar surface area (TPSA) is 56.1 Å². The van der Waals surface area contributed by atoms with Crippen molar-refractivity contribution in [3.8, 4) is 5.75 Å². The van der Waals surface area contributed by atoms with Crippen LogP contribution in [0.4, 0.5) is 0 Å². The Labute approximate surface area is 131 Å². The van der Waals surface area contributed by atoms with Crippen LogP contribution in [0.25, 0.3) is 0 Å². The van der Waals surface area contributed by atoms with Gasteiger partial charge in [0, 0.05) is 19.3 Å². The van der Waals surface area contributed by atoms with Crippen LogP contribution >= 0.6 is 0 Å². The van der Waals surface area contributed by atoms with Crippen LogP contribution in [0.3, 0.4) is 0 Å². The second-order valence-electron chi connectivity index (χ2n) is 5.49. The highest BCUT2D eigenvalue weighted by atomic mass is 16.5. The number of hydrogen-bond acceptors (Lipinski definition) is 3. The molecule has 1 aromatic heterocycles. The molecule has 0 saturated heterocycles. The predicted molar refractivity (Wildman–Crippen MR) is 86.5 cm³/mol. The maximum absolute atomic E-state index is 12.3. The Bertz CT molecular complexity index is 689. The van der Waals surface area contributed by atoms with E-state index < -0.39 is 0 Å². The van der Waals surface area contributed by atoms with E-state index >= 15 is 0 Å². The Morgan fingerprint density at radius 1 is 1.32 bits per heavy atom. The maximum Gasteiger partial charge on any atom is 0.255 e. The Morgan fingerprint density at radius 2 is 2.05 bits per heavy atom. The smallest absolute Gasteiger partial charge is 0.255 e. The minimum Gasteiger partial charge on any atom is -0.496 e. The van der Waals surface area contributed by atoms with Crippen LogP contribution in [0.1, 0.15) is 32.9 Å². The van der Waals surface area contributed by atoms with Crippen molar-refractivity contribution >= 4 is 5.91 Å². The number of aromatic nitrogens is 2. The van der Waals surface area contributed by atoms with Gasteiger partial charge < -0.3 is 10.1 Å². The Balaban J connectivity index is 2.02. The Morgan fingerprint density at radius 3 is 2.64 bits per heavy atom. The van der Waals surface area contributed by atoms with Crippen LogP contribution in [-0.2, 0) is 13.5 Å². The number of nitrogens with one attached hydrogen (secondary N) is 1. The van der Waals surface area contributed by atoms with Crippen molar-refractivity contribution in [1.29, 1.82) is 0 Å². The molecule has 5 heteroatoms. The second kappa shape index (κ2) is 6.64. The molecule has 1 amide bonds. The lowest BCUT2D eigenvalue weighted by atomic mass is 10.1. The molecule has 0 aliphatic heterocycles. The van der Waals surface area contributed by atoms with Gasteiger partial charge in [-0.3, -0.25) is 9.48 Å². The molecule has 0 spiro atoms. The highest BCUT2D eigenvalue weighted by molar-refractivity contribution is 5.96. The van der Waals surface area contributed by atoms with Gasteiger partial charge in [-0.25, -0.2) is 0 Å². The zero-order valence-corrected chi connectivity index (χ0v) is 13.9. The van der Waals surface area contributed by atoms with Crippen molar-refractivity contribution in [2.75, 3.05) is 13.7 Å². The molecule has 0 aliphatic carbocycles. The average molecular weight is 301 g/mol. The summed E-state index contributed by atoms with van der Waals surface area (Å²) in [6.07, 6.45) is 0.731. The fraction of sp³-hybridized carbons (Fsp3) is 0.412. The van der Waals surface area contributed by atoms with Crippen molar-refractivity contribution in [1.82, 2.24) is 15.1 Å².